The first-order chi connectivity index (χ1) is 16.0. The van der Waals surface area contributed by atoms with Crippen molar-refractivity contribution in [2.45, 2.75) is 26.2 Å². The van der Waals surface area contributed by atoms with Crippen molar-refractivity contribution in [3.63, 3.8) is 0 Å². The molecule has 0 fully saturated rings. The average Bonchev–Trinajstić information content (AvgIpc) is 2.77. The summed E-state index contributed by atoms with van der Waals surface area (Å²) in [6.07, 6.45) is -1.21. The van der Waals surface area contributed by atoms with Crippen molar-refractivity contribution in [1.82, 2.24) is 14.1 Å². The van der Waals surface area contributed by atoms with Crippen molar-refractivity contribution < 1.29 is 23.4 Å². The molecule has 12 heteroatoms. The van der Waals surface area contributed by atoms with Crippen LogP contribution in [0.4, 0.5) is 19.1 Å². The molecule has 0 unspecified atom stereocenters. The Balaban J connectivity index is 2.63. The fourth-order valence-corrected chi connectivity index (χ4v) is 2.96. The molecule has 1 heterocycles. The Morgan fingerprint density at radius 1 is 1.21 bits per heavy atom. The van der Waals surface area contributed by atoms with E-state index in [2.05, 4.69) is 16.9 Å². The molecule has 8 nitrogen and oxygen atoms in total. The number of aliphatic hydroxyl groups is 2. The lowest BCUT2D eigenvalue weighted by atomic mass is 10.2. The van der Waals surface area contributed by atoms with E-state index in [0.717, 1.165) is 15.2 Å². The lowest BCUT2D eigenvalue weighted by Crippen LogP contribution is -2.44. The van der Waals surface area contributed by atoms with Gasteiger partial charge in [0.25, 0.3) is 0 Å². The Kier molecular flexibility index (Phi) is 9.42. The number of halogens is 4. The summed E-state index contributed by atoms with van der Waals surface area (Å²) < 4.78 is 40.8. The van der Waals surface area contributed by atoms with Crippen molar-refractivity contribution in [3.8, 4) is 0 Å². The molecule has 0 atom stereocenters. The molecule has 2 aromatic rings. The van der Waals surface area contributed by atoms with Crippen molar-refractivity contribution in [1.29, 1.82) is 0 Å². The predicted octanol–water partition coefficient (Wildman–Crippen LogP) is 2.70. The van der Waals surface area contributed by atoms with Gasteiger partial charge >= 0.3 is 17.6 Å². The normalized spacial score (nSPS) is 12.5. The second-order valence-electron chi connectivity index (χ2n) is 7.30. The average molecular weight is 501 g/mol. The molecule has 0 amide bonds. The van der Waals surface area contributed by atoms with Gasteiger partial charge < -0.3 is 15.5 Å². The molecular weight excluding hydrogens is 477 g/mol. The van der Waals surface area contributed by atoms with Gasteiger partial charge in [0.1, 0.15) is 0 Å². The number of allylic oxidation sites excluding steroid dienone is 4. The van der Waals surface area contributed by atoms with Crippen LogP contribution in [0, 0.1) is 5.92 Å². The molecule has 0 radical (unpaired) electrons. The molecule has 0 aliphatic carbocycles. The van der Waals surface area contributed by atoms with E-state index in [-0.39, 0.29) is 24.7 Å². The monoisotopic (exact) mass is 500 g/mol. The highest BCUT2D eigenvalue weighted by molar-refractivity contribution is 6.30. The molecule has 0 bridgehead atoms. The van der Waals surface area contributed by atoms with Gasteiger partial charge in [0, 0.05) is 36.4 Å². The fourth-order valence-electron chi connectivity index (χ4n) is 2.83. The lowest BCUT2D eigenvalue weighted by molar-refractivity contribution is -0.0878. The highest BCUT2D eigenvalue weighted by Gasteiger charge is 2.30. The quantitative estimate of drug-likeness (QED) is 0.433. The SMILES string of the molecule is C=C(/C=C(\C=C/C)Nc1nc(=O)n(CC(CO)CO)c(=O)n1Cc1ccc(Cl)cc1)C(F)(F)F. The number of hydrogen-bond acceptors (Lipinski definition) is 6. The summed E-state index contributed by atoms with van der Waals surface area (Å²) in [5, 5.41) is 21.7. The van der Waals surface area contributed by atoms with Crippen LogP contribution in [0.3, 0.4) is 0 Å². The zero-order valence-electron chi connectivity index (χ0n) is 18.2. The highest BCUT2D eigenvalue weighted by atomic mass is 35.5. The largest absolute Gasteiger partial charge is 0.415 e. The summed E-state index contributed by atoms with van der Waals surface area (Å²) in [5.74, 6) is -1.09. The predicted molar refractivity (Wildman–Crippen MR) is 123 cm³/mol. The van der Waals surface area contributed by atoms with E-state index in [1.54, 1.807) is 31.2 Å². The summed E-state index contributed by atoms with van der Waals surface area (Å²) in [6, 6.07) is 6.44. The molecule has 1 aromatic carbocycles. The topological polar surface area (TPSA) is 109 Å². The van der Waals surface area contributed by atoms with E-state index in [1.165, 1.54) is 12.2 Å². The third-order valence-electron chi connectivity index (χ3n) is 4.66. The Labute approximate surface area is 198 Å². The van der Waals surface area contributed by atoms with Crippen molar-refractivity contribution in [3.05, 3.63) is 91.9 Å². The smallest absolute Gasteiger partial charge is 0.396 e. The number of aliphatic hydroxyl groups excluding tert-OH is 2. The summed E-state index contributed by atoms with van der Waals surface area (Å²) in [7, 11) is 0. The van der Waals surface area contributed by atoms with E-state index in [1.807, 2.05) is 0 Å². The molecular formula is C22H24ClF3N4O4. The molecule has 0 aliphatic heterocycles. The van der Waals surface area contributed by atoms with Crippen molar-refractivity contribution in [2.24, 2.45) is 5.92 Å². The fraction of sp³-hybridized carbons (Fsp3) is 0.318. The Bertz CT molecular complexity index is 1180. The summed E-state index contributed by atoms with van der Waals surface area (Å²) in [4.78, 5) is 29.6. The molecule has 34 heavy (non-hydrogen) atoms. The van der Waals surface area contributed by atoms with E-state index < -0.39 is 42.3 Å². The maximum Gasteiger partial charge on any atom is 0.415 e. The molecule has 0 spiro atoms. The number of benzene rings is 1. The standard InChI is InChI=1S/C22H24ClF3N4O4/c1-3-4-18(9-14(2)22(24,25)26)27-19-28-20(33)30(11-16(12-31)13-32)21(34)29(19)10-15-5-7-17(23)8-6-15/h3-9,16,31-32H,2,10-13H2,1H3,(H,27,28,33)/b4-3-,18-9+. The van der Waals surface area contributed by atoms with Crippen LogP contribution in [0.15, 0.2) is 69.9 Å². The molecule has 0 aliphatic rings. The van der Waals surface area contributed by atoms with Gasteiger partial charge in [-0.2, -0.15) is 18.2 Å². The lowest BCUT2D eigenvalue weighted by Gasteiger charge is -2.18. The van der Waals surface area contributed by atoms with Gasteiger partial charge in [-0.3, -0.25) is 4.57 Å². The van der Waals surface area contributed by atoms with Gasteiger partial charge in [-0.05, 0) is 36.8 Å². The Hall–Kier alpha value is -3.15. The van der Waals surface area contributed by atoms with Gasteiger partial charge in [-0.15, -0.1) is 0 Å². The summed E-state index contributed by atoms with van der Waals surface area (Å²) in [6.45, 7) is 3.21. The molecule has 2 rings (SSSR count). The second kappa shape index (κ2) is 11.8. The second-order valence-corrected chi connectivity index (χ2v) is 7.74. The van der Waals surface area contributed by atoms with Gasteiger partial charge in [0.05, 0.1) is 12.1 Å². The van der Waals surface area contributed by atoms with Gasteiger partial charge in [-0.25, -0.2) is 14.2 Å². The third kappa shape index (κ3) is 7.17. The van der Waals surface area contributed by atoms with Crippen molar-refractivity contribution >= 4 is 17.5 Å². The van der Waals surface area contributed by atoms with Crippen LogP contribution in [-0.2, 0) is 13.1 Å². The number of hydrogen-bond donors (Lipinski definition) is 3. The van der Waals surface area contributed by atoms with Crippen LogP contribution in [-0.4, -0.2) is 43.7 Å². The van der Waals surface area contributed by atoms with E-state index in [4.69, 9.17) is 11.6 Å². The minimum atomic E-state index is -4.68. The maximum atomic E-state index is 13.2. The maximum absolute atomic E-state index is 13.2. The van der Waals surface area contributed by atoms with Gasteiger partial charge in [-0.1, -0.05) is 36.4 Å². The number of alkyl halides is 3. The summed E-state index contributed by atoms with van der Waals surface area (Å²) >= 11 is 5.90. The number of nitrogens with one attached hydrogen (secondary N) is 1. The number of anilines is 1. The number of aromatic nitrogens is 3. The van der Waals surface area contributed by atoms with Crippen LogP contribution in [0.25, 0.3) is 0 Å². The molecule has 1 aromatic heterocycles. The number of nitrogens with zero attached hydrogens (tertiary/aromatic N) is 3. The minimum Gasteiger partial charge on any atom is -0.396 e. The molecule has 0 saturated heterocycles. The van der Waals surface area contributed by atoms with Crippen LogP contribution in [0.1, 0.15) is 12.5 Å². The summed E-state index contributed by atoms with van der Waals surface area (Å²) in [5.41, 5.74) is -2.50. The van der Waals surface area contributed by atoms with E-state index in [0.29, 0.717) is 10.6 Å². The molecule has 0 saturated carbocycles. The zero-order chi connectivity index (χ0) is 25.5. The first-order valence-corrected chi connectivity index (χ1v) is 10.4. The first-order valence-electron chi connectivity index (χ1n) is 10.1. The Morgan fingerprint density at radius 3 is 2.35 bits per heavy atom. The van der Waals surface area contributed by atoms with Crippen LogP contribution >= 0.6 is 11.6 Å². The van der Waals surface area contributed by atoms with Crippen LogP contribution < -0.4 is 16.7 Å². The van der Waals surface area contributed by atoms with Crippen LogP contribution in [0.5, 0.6) is 0 Å². The van der Waals surface area contributed by atoms with Gasteiger partial charge in [0.2, 0.25) is 5.95 Å². The minimum absolute atomic E-state index is 0.0993. The molecule has 184 valence electrons. The highest BCUT2D eigenvalue weighted by Crippen LogP contribution is 2.26. The van der Waals surface area contributed by atoms with Crippen LogP contribution in [0.2, 0.25) is 5.02 Å². The first kappa shape index (κ1) is 27.1. The van der Waals surface area contributed by atoms with Crippen molar-refractivity contribution in [2.75, 3.05) is 18.5 Å². The van der Waals surface area contributed by atoms with Gasteiger partial charge in [0.15, 0.2) is 0 Å². The molecule has 3 N–H and O–H groups in total. The third-order valence-corrected chi connectivity index (χ3v) is 4.91. The zero-order valence-corrected chi connectivity index (χ0v) is 19.0. The van der Waals surface area contributed by atoms with E-state index >= 15 is 0 Å². The number of rotatable bonds is 10. The Morgan fingerprint density at radius 2 is 1.82 bits per heavy atom. The van der Waals surface area contributed by atoms with E-state index in [9.17, 15) is 33.0 Å².